The molecule has 3 rings (SSSR count). The molecule has 32 heavy (non-hydrogen) atoms. The summed E-state index contributed by atoms with van der Waals surface area (Å²) in [7, 11) is 0. The molecule has 0 amide bonds. The van der Waals surface area contributed by atoms with E-state index in [1.54, 1.807) is 0 Å². The molecule has 1 aliphatic carbocycles. The van der Waals surface area contributed by atoms with Crippen LogP contribution in [0, 0.1) is 0 Å². The molecule has 1 saturated carbocycles. The van der Waals surface area contributed by atoms with Crippen molar-refractivity contribution in [3.05, 3.63) is 0 Å². The van der Waals surface area contributed by atoms with Crippen molar-refractivity contribution in [3.63, 3.8) is 0 Å². The molecule has 3 fully saturated rings. The fourth-order valence-electron chi connectivity index (χ4n) is 4.16. The molecule has 0 aromatic rings. The molecule has 14 N–H and O–H groups in total. The number of aliphatic hydroxyl groups excluding tert-OH is 6. The van der Waals surface area contributed by atoms with Gasteiger partial charge in [0.15, 0.2) is 12.6 Å². The van der Waals surface area contributed by atoms with Crippen molar-refractivity contribution < 1.29 is 49.6 Å². The average Bonchev–Trinajstić information content (AvgIpc) is 3.02. The summed E-state index contributed by atoms with van der Waals surface area (Å²) in [5.41, 5.74) is 23.6. The molecule has 0 bridgehead atoms. The van der Waals surface area contributed by atoms with Crippen molar-refractivity contribution in [1.82, 2.24) is 0 Å². The molecular formula is C17H35N4NaO10. The summed E-state index contributed by atoms with van der Waals surface area (Å²) in [6.45, 7) is -0.673. The number of nitrogens with two attached hydrogens (primary N) is 4. The van der Waals surface area contributed by atoms with Gasteiger partial charge in [-0.25, -0.2) is 0 Å². The Kier molecular flexibility index (Phi) is 10.7. The Morgan fingerprint density at radius 3 is 1.84 bits per heavy atom. The summed E-state index contributed by atoms with van der Waals surface area (Å²) in [5, 5.41) is 60.2. The van der Waals surface area contributed by atoms with Crippen LogP contribution in [0.2, 0.25) is 0 Å². The summed E-state index contributed by atoms with van der Waals surface area (Å²) in [6.07, 6.45) is -13.8. The van der Waals surface area contributed by atoms with E-state index in [1.807, 2.05) is 0 Å². The third kappa shape index (κ3) is 5.63. The summed E-state index contributed by atoms with van der Waals surface area (Å²) >= 11 is 0. The molecule has 2 saturated heterocycles. The van der Waals surface area contributed by atoms with Crippen molar-refractivity contribution in [3.8, 4) is 0 Å². The molecule has 14 atom stereocenters. The van der Waals surface area contributed by atoms with Crippen LogP contribution < -0.4 is 22.9 Å². The van der Waals surface area contributed by atoms with Gasteiger partial charge < -0.3 is 72.5 Å². The zero-order chi connectivity index (χ0) is 23.0. The Morgan fingerprint density at radius 2 is 1.28 bits per heavy atom. The van der Waals surface area contributed by atoms with E-state index in [9.17, 15) is 30.6 Å². The van der Waals surface area contributed by atoms with Crippen molar-refractivity contribution in [2.45, 2.75) is 92.1 Å². The van der Waals surface area contributed by atoms with Crippen molar-refractivity contribution >= 4 is 29.6 Å². The van der Waals surface area contributed by atoms with Gasteiger partial charge in [0, 0.05) is 18.6 Å². The number of rotatable bonds is 6. The second-order valence-electron chi connectivity index (χ2n) is 8.30. The molecule has 15 heteroatoms. The van der Waals surface area contributed by atoms with Crippen LogP contribution in [0.5, 0.6) is 0 Å². The predicted molar refractivity (Wildman–Crippen MR) is 109 cm³/mol. The van der Waals surface area contributed by atoms with Gasteiger partial charge in [-0.2, -0.15) is 0 Å². The fraction of sp³-hybridized carbons (Fsp3) is 1.00. The third-order valence-electron chi connectivity index (χ3n) is 6.13. The van der Waals surface area contributed by atoms with Crippen LogP contribution in [0.1, 0.15) is 6.42 Å². The molecule has 14 nitrogen and oxygen atoms in total. The van der Waals surface area contributed by atoms with Crippen LogP contribution in [-0.4, -0.2) is 159 Å². The van der Waals surface area contributed by atoms with Crippen LogP contribution in [0.4, 0.5) is 0 Å². The topological polar surface area (TPSA) is 262 Å². The van der Waals surface area contributed by atoms with E-state index in [-0.39, 0.29) is 42.5 Å². The maximum absolute atomic E-state index is 10.6. The zero-order valence-electron chi connectivity index (χ0n) is 16.8. The molecule has 0 spiro atoms. The standard InChI is InChI=1S/C17H34N4O10.Na.H/c18-2-6-10(24)12(26)8(21)16(28-6)30-14-5(20)1-4(19)9(23)15(14)31-17-13(27)11(25)7(3-22)29-17;;/h4-17,22-27H,1-3,18-21H2;;/t4-,5+,6-,7-,8-,9?,10-,11-,12-,13-,14-,15-,16-,17+;;/m1../s1. The van der Waals surface area contributed by atoms with E-state index in [2.05, 4.69) is 0 Å². The van der Waals surface area contributed by atoms with Gasteiger partial charge in [0.2, 0.25) is 0 Å². The number of hydrogen-bond donors (Lipinski definition) is 10. The maximum atomic E-state index is 10.6. The molecule has 0 aromatic heterocycles. The number of hydrogen-bond acceptors (Lipinski definition) is 14. The quantitative estimate of drug-likeness (QED) is 0.159. The van der Waals surface area contributed by atoms with E-state index in [0.29, 0.717) is 0 Å². The molecule has 2 aliphatic heterocycles. The van der Waals surface area contributed by atoms with E-state index < -0.39 is 92.2 Å². The van der Waals surface area contributed by atoms with Crippen molar-refractivity contribution in [2.24, 2.45) is 22.9 Å². The van der Waals surface area contributed by atoms with Gasteiger partial charge in [0.1, 0.15) is 48.8 Å². The monoisotopic (exact) mass is 478 g/mol. The van der Waals surface area contributed by atoms with Gasteiger partial charge in [0.25, 0.3) is 0 Å². The zero-order valence-corrected chi connectivity index (χ0v) is 16.8. The Balaban J connectivity index is 0.00000363. The van der Waals surface area contributed by atoms with Gasteiger partial charge in [-0.05, 0) is 6.42 Å². The third-order valence-corrected chi connectivity index (χ3v) is 6.13. The van der Waals surface area contributed by atoms with Gasteiger partial charge in [-0.15, -0.1) is 0 Å². The Morgan fingerprint density at radius 1 is 0.719 bits per heavy atom. The van der Waals surface area contributed by atoms with Crippen LogP contribution >= 0.6 is 0 Å². The Bertz CT molecular complexity index is 598. The van der Waals surface area contributed by atoms with Gasteiger partial charge in [-0.3, -0.25) is 0 Å². The van der Waals surface area contributed by atoms with E-state index in [0.717, 1.165) is 0 Å². The van der Waals surface area contributed by atoms with Crippen LogP contribution in [0.15, 0.2) is 0 Å². The first kappa shape index (κ1) is 28.7. The average molecular weight is 478 g/mol. The van der Waals surface area contributed by atoms with E-state index >= 15 is 0 Å². The van der Waals surface area contributed by atoms with Gasteiger partial charge in [-0.1, -0.05) is 0 Å². The van der Waals surface area contributed by atoms with E-state index in [4.69, 9.17) is 41.9 Å². The summed E-state index contributed by atoms with van der Waals surface area (Å²) in [6, 6.07) is -2.72. The van der Waals surface area contributed by atoms with Gasteiger partial charge >= 0.3 is 29.6 Å². The second kappa shape index (κ2) is 11.9. The van der Waals surface area contributed by atoms with Crippen LogP contribution in [0.25, 0.3) is 0 Å². The molecule has 0 radical (unpaired) electrons. The van der Waals surface area contributed by atoms with E-state index in [1.165, 1.54) is 0 Å². The van der Waals surface area contributed by atoms with Gasteiger partial charge in [0.05, 0.1) is 18.8 Å². The van der Waals surface area contributed by atoms with Crippen LogP contribution in [0.3, 0.4) is 0 Å². The summed E-state index contributed by atoms with van der Waals surface area (Å²) in [4.78, 5) is 0. The first-order valence-corrected chi connectivity index (χ1v) is 10.2. The first-order valence-electron chi connectivity index (χ1n) is 10.2. The number of aliphatic hydroxyl groups is 6. The Hall–Kier alpha value is 0.440. The molecule has 1 unspecified atom stereocenters. The molecule has 3 aliphatic rings. The van der Waals surface area contributed by atoms with Crippen molar-refractivity contribution in [2.75, 3.05) is 13.2 Å². The summed E-state index contributed by atoms with van der Waals surface area (Å²) in [5.74, 6) is 0. The molecule has 184 valence electrons. The van der Waals surface area contributed by atoms with Crippen molar-refractivity contribution in [1.29, 1.82) is 0 Å². The number of ether oxygens (including phenoxy) is 4. The first-order chi connectivity index (χ1) is 14.6. The minimum atomic E-state index is -1.51. The fourth-order valence-corrected chi connectivity index (χ4v) is 4.16. The summed E-state index contributed by atoms with van der Waals surface area (Å²) < 4.78 is 22.5. The minimum absolute atomic E-state index is 0. The van der Waals surface area contributed by atoms with Crippen LogP contribution in [-0.2, 0) is 18.9 Å². The molecule has 2 heterocycles. The molecule has 0 aromatic carbocycles. The Labute approximate surface area is 207 Å². The predicted octanol–water partition coefficient (Wildman–Crippen LogP) is -7.30. The SMILES string of the molecule is NC[C@H]1O[C@H](O[C@H]2[C@H](O[C@@H]3O[C@H](CO)[C@@H](O)[C@H]3O)C(O)[C@H](N)C[C@@H]2N)[C@H](N)[C@@H](O)[C@@H]1O.[NaH]. The normalized spacial score (nSPS) is 51.9. The second-order valence-corrected chi connectivity index (χ2v) is 8.30. The molecular weight excluding hydrogens is 443 g/mol.